The molecule has 0 unspecified atom stereocenters. The molecule has 0 N–H and O–H groups in total. The monoisotopic (exact) mass is 245 g/mol. The number of rotatable bonds is 1. The summed E-state index contributed by atoms with van der Waals surface area (Å²) in [6.45, 7) is 0. The minimum Gasteiger partial charge on any atom is -0.341 e. The maximum Gasteiger partial charge on any atom is 0.416 e. The van der Waals surface area contributed by atoms with Gasteiger partial charge in [-0.25, -0.2) is 4.39 Å². The van der Waals surface area contributed by atoms with Gasteiger partial charge in [-0.3, -0.25) is 4.79 Å². The van der Waals surface area contributed by atoms with E-state index in [1.54, 1.807) is 0 Å². The lowest BCUT2D eigenvalue weighted by molar-refractivity contribution is -0.137. The summed E-state index contributed by atoms with van der Waals surface area (Å²) >= 11 is 0. The minimum atomic E-state index is -4.61. The predicted molar refractivity (Wildman–Crippen MR) is 53.3 cm³/mol. The van der Waals surface area contributed by atoms with Crippen LogP contribution in [0, 0.1) is 5.82 Å². The van der Waals surface area contributed by atoms with Crippen LogP contribution in [-0.2, 0) is 13.2 Å². The van der Waals surface area contributed by atoms with E-state index in [1.165, 1.54) is 17.7 Å². The smallest absolute Gasteiger partial charge is 0.341 e. The average Bonchev–Trinajstić information content (AvgIpc) is 2.55. The van der Waals surface area contributed by atoms with Crippen molar-refractivity contribution in [2.45, 2.75) is 6.18 Å². The molecule has 0 aliphatic heterocycles. The van der Waals surface area contributed by atoms with Crippen LogP contribution in [0.15, 0.2) is 18.2 Å². The van der Waals surface area contributed by atoms with Crippen LogP contribution in [0.2, 0.25) is 0 Å². The number of benzene rings is 1. The van der Waals surface area contributed by atoms with Crippen LogP contribution in [0.4, 0.5) is 17.6 Å². The highest BCUT2D eigenvalue weighted by atomic mass is 19.4. The van der Waals surface area contributed by atoms with Crippen molar-refractivity contribution in [3.05, 3.63) is 35.3 Å². The first-order valence-corrected chi connectivity index (χ1v) is 4.66. The van der Waals surface area contributed by atoms with Gasteiger partial charge in [0.1, 0.15) is 5.82 Å². The third-order valence-corrected chi connectivity index (χ3v) is 2.60. The first-order chi connectivity index (χ1) is 7.84. The first kappa shape index (κ1) is 11.6. The second-order valence-electron chi connectivity index (χ2n) is 3.63. The molecule has 1 heterocycles. The number of aryl methyl sites for hydroxylation is 1. The van der Waals surface area contributed by atoms with Crippen molar-refractivity contribution < 1.29 is 22.4 Å². The van der Waals surface area contributed by atoms with Crippen LogP contribution >= 0.6 is 0 Å². The van der Waals surface area contributed by atoms with E-state index in [4.69, 9.17) is 0 Å². The maximum absolute atomic E-state index is 13.5. The molecule has 0 spiro atoms. The third kappa shape index (κ3) is 1.79. The van der Waals surface area contributed by atoms with Gasteiger partial charge in [-0.05, 0) is 18.2 Å². The Morgan fingerprint density at radius 1 is 1.24 bits per heavy atom. The SMILES string of the molecule is Cn1c(C=O)cc2c(F)cc(C(F)(F)F)cc21. The molecule has 0 atom stereocenters. The first-order valence-electron chi connectivity index (χ1n) is 4.66. The van der Waals surface area contributed by atoms with Gasteiger partial charge >= 0.3 is 6.18 Å². The highest BCUT2D eigenvalue weighted by Gasteiger charge is 2.32. The van der Waals surface area contributed by atoms with Crippen LogP contribution in [0.5, 0.6) is 0 Å². The number of fused-ring (bicyclic) bond motifs is 1. The predicted octanol–water partition coefficient (Wildman–Crippen LogP) is 3.15. The summed E-state index contributed by atoms with van der Waals surface area (Å²) in [4.78, 5) is 10.6. The van der Waals surface area contributed by atoms with Crippen LogP contribution in [-0.4, -0.2) is 10.9 Å². The lowest BCUT2D eigenvalue weighted by atomic mass is 10.1. The van der Waals surface area contributed by atoms with Gasteiger partial charge in [-0.1, -0.05) is 0 Å². The number of alkyl halides is 3. The highest BCUT2D eigenvalue weighted by molar-refractivity contribution is 5.89. The Balaban J connectivity index is 2.81. The fourth-order valence-corrected chi connectivity index (χ4v) is 1.68. The van der Waals surface area contributed by atoms with Crippen LogP contribution < -0.4 is 0 Å². The number of carbonyl (C=O) groups is 1. The Bertz CT molecular complexity index is 598. The average molecular weight is 245 g/mol. The van der Waals surface area contributed by atoms with E-state index in [-0.39, 0.29) is 16.6 Å². The maximum atomic E-state index is 13.5. The molecule has 0 amide bonds. The Labute approximate surface area is 93.5 Å². The summed E-state index contributed by atoms with van der Waals surface area (Å²) in [5, 5.41) is 0.00241. The van der Waals surface area contributed by atoms with Crippen LogP contribution in [0.25, 0.3) is 10.9 Å². The molecule has 0 bridgehead atoms. The van der Waals surface area contributed by atoms with Gasteiger partial charge in [0.25, 0.3) is 0 Å². The zero-order chi connectivity index (χ0) is 12.8. The van der Waals surface area contributed by atoms with Crippen molar-refractivity contribution in [1.29, 1.82) is 0 Å². The molecule has 90 valence electrons. The second kappa shape index (κ2) is 3.58. The number of aldehydes is 1. The van der Waals surface area contributed by atoms with Crippen LogP contribution in [0.3, 0.4) is 0 Å². The van der Waals surface area contributed by atoms with Crippen molar-refractivity contribution in [2.75, 3.05) is 0 Å². The molecule has 0 fully saturated rings. The van der Waals surface area contributed by atoms with Gasteiger partial charge in [0.15, 0.2) is 6.29 Å². The van der Waals surface area contributed by atoms with E-state index in [0.29, 0.717) is 12.4 Å². The molecule has 1 aromatic carbocycles. The van der Waals surface area contributed by atoms with Crippen molar-refractivity contribution in [3.8, 4) is 0 Å². The number of halogens is 4. The fourth-order valence-electron chi connectivity index (χ4n) is 1.68. The summed E-state index contributed by atoms with van der Waals surface area (Å²) in [5.74, 6) is -0.987. The molecule has 2 rings (SSSR count). The second-order valence-corrected chi connectivity index (χ2v) is 3.63. The van der Waals surface area contributed by atoms with E-state index in [1.807, 2.05) is 0 Å². The van der Waals surface area contributed by atoms with Gasteiger partial charge in [0.05, 0.1) is 16.8 Å². The van der Waals surface area contributed by atoms with Gasteiger partial charge in [-0.2, -0.15) is 13.2 Å². The topological polar surface area (TPSA) is 22.0 Å². The zero-order valence-corrected chi connectivity index (χ0v) is 8.68. The molecule has 1 aromatic heterocycles. The molecule has 0 saturated heterocycles. The fraction of sp³-hybridized carbons (Fsp3) is 0.182. The van der Waals surface area contributed by atoms with Crippen molar-refractivity contribution in [1.82, 2.24) is 4.57 Å². The molecule has 2 nitrogen and oxygen atoms in total. The number of hydrogen-bond acceptors (Lipinski definition) is 1. The van der Waals surface area contributed by atoms with Crippen molar-refractivity contribution >= 4 is 17.2 Å². The highest BCUT2D eigenvalue weighted by Crippen LogP contribution is 2.33. The Morgan fingerprint density at radius 3 is 2.41 bits per heavy atom. The van der Waals surface area contributed by atoms with E-state index >= 15 is 0 Å². The standard InChI is InChI=1S/C11H7F4NO/c1-16-7(5-17)4-8-9(12)2-6(3-10(8)16)11(13,14)15/h2-5H,1H3. The quantitative estimate of drug-likeness (QED) is 0.558. The van der Waals surface area contributed by atoms with E-state index in [0.717, 1.165) is 6.07 Å². The molecular weight excluding hydrogens is 238 g/mol. The Morgan fingerprint density at radius 2 is 1.88 bits per heavy atom. The molecule has 2 aromatic rings. The summed E-state index contributed by atoms with van der Waals surface area (Å²) in [7, 11) is 1.41. The third-order valence-electron chi connectivity index (χ3n) is 2.60. The van der Waals surface area contributed by atoms with Crippen molar-refractivity contribution in [3.63, 3.8) is 0 Å². The molecule has 6 heteroatoms. The normalized spacial score (nSPS) is 12.1. The summed E-state index contributed by atoms with van der Waals surface area (Å²) in [6.07, 6.45) is -4.15. The summed E-state index contributed by atoms with van der Waals surface area (Å²) in [5.41, 5.74) is -0.904. The zero-order valence-electron chi connectivity index (χ0n) is 8.68. The molecule has 0 aliphatic carbocycles. The summed E-state index contributed by atoms with van der Waals surface area (Å²) < 4.78 is 52.1. The van der Waals surface area contributed by atoms with Crippen LogP contribution in [0.1, 0.15) is 16.1 Å². The number of nitrogens with zero attached hydrogens (tertiary/aromatic N) is 1. The molecule has 0 aliphatic rings. The molecule has 17 heavy (non-hydrogen) atoms. The number of aromatic nitrogens is 1. The molecule has 0 radical (unpaired) electrons. The lowest BCUT2D eigenvalue weighted by Crippen LogP contribution is -2.06. The number of hydrogen-bond donors (Lipinski definition) is 0. The van der Waals surface area contributed by atoms with Gasteiger partial charge < -0.3 is 4.57 Å². The minimum absolute atomic E-state index is 0.00241. The van der Waals surface area contributed by atoms with Gasteiger partial charge in [-0.15, -0.1) is 0 Å². The Hall–Kier alpha value is -1.85. The molecular formula is C11H7F4NO. The number of carbonyl (C=O) groups excluding carboxylic acids is 1. The van der Waals surface area contributed by atoms with E-state index < -0.39 is 17.6 Å². The van der Waals surface area contributed by atoms with Gasteiger partial charge in [0.2, 0.25) is 0 Å². The van der Waals surface area contributed by atoms with E-state index in [9.17, 15) is 22.4 Å². The lowest BCUT2D eigenvalue weighted by Gasteiger charge is -2.08. The van der Waals surface area contributed by atoms with E-state index in [2.05, 4.69) is 0 Å². The largest absolute Gasteiger partial charge is 0.416 e. The van der Waals surface area contributed by atoms with Gasteiger partial charge in [0, 0.05) is 12.4 Å². The van der Waals surface area contributed by atoms with Crippen molar-refractivity contribution in [2.24, 2.45) is 7.05 Å². The molecule has 0 saturated carbocycles. The summed E-state index contributed by atoms with van der Waals surface area (Å²) in [6, 6.07) is 2.47. The Kier molecular flexibility index (Phi) is 2.45.